The number of rotatable bonds is 8. The fourth-order valence-corrected chi connectivity index (χ4v) is 2.54. The van der Waals surface area contributed by atoms with E-state index in [0.717, 1.165) is 17.5 Å². The number of nitrogens with one attached hydrogen (secondary N) is 2. The summed E-state index contributed by atoms with van der Waals surface area (Å²) in [6, 6.07) is 16.0. The average Bonchev–Trinajstić information content (AvgIpc) is 2.68. The molecule has 0 aliphatic rings. The first-order chi connectivity index (χ1) is 13.0. The third kappa shape index (κ3) is 6.73. The molecule has 6 heteroatoms. The third-order valence-corrected chi connectivity index (χ3v) is 4.05. The van der Waals surface area contributed by atoms with Crippen molar-refractivity contribution in [3.63, 3.8) is 0 Å². The van der Waals surface area contributed by atoms with Crippen molar-refractivity contribution in [2.75, 3.05) is 39.7 Å². The first-order valence-corrected chi connectivity index (χ1v) is 9.03. The Hall–Kier alpha value is -2.89. The summed E-state index contributed by atoms with van der Waals surface area (Å²) in [5.41, 5.74) is 2.38. The molecule has 1 atom stereocenters. The predicted molar refractivity (Wildman–Crippen MR) is 112 cm³/mol. The van der Waals surface area contributed by atoms with Crippen LogP contribution in [0, 0.1) is 0 Å². The van der Waals surface area contributed by atoms with Crippen molar-refractivity contribution >= 4 is 11.6 Å². The van der Waals surface area contributed by atoms with E-state index in [1.807, 2.05) is 45.3 Å². The second kappa shape index (κ2) is 10.3. The number of ether oxygens (including phenoxy) is 2. The highest BCUT2D eigenvalue weighted by molar-refractivity contribution is 5.79. The van der Waals surface area contributed by atoms with E-state index in [0.29, 0.717) is 13.1 Å². The molecule has 146 valence electrons. The normalized spacial score (nSPS) is 12.3. The van der Waals surface area contributed by atoms with Crippen molar-refractivity contribution < 1.29 is 9.47 Å². The molecular formula is C21H30N4O2. The van der Waals surface area contributed by atoms with Crippen LogP contribution in [0.5, 0.6) is 11.5 Å². The molecule has 0 bridgehead atoms. The summed E-state index contributed by atoms with van der Waals surface area (Å²) < 4.78 is 11.1. The van der Waals surface area contributed by atoms with Crippen LogP contribution in [0.25, 0.3) is 0 Å². The molecule has 0 amide bonds. The van der Waals surface area contributed by atoms with E-state index in [1.54, 1.807) is 14.2 Å². The minimum absolute atomic E-state index is 0.0206. The molecule has 0 aromatic heterocycles. The van der Waals surface area contributed by atoms with E-state index in [4.69, 9.17) is 9.47 Å². The van der Waals surface area contributed by atoms with Crippen LogP contribution in [0.15, 0.2) is 53.5 Å². The second-order valence-electron chi connectivity index (χ2n) is 6.48. The topological polar surface area (TPSA) is 58.1 Å². The molecule has 0 fully saturated rings. The van der Waals surface area contributed by atoms with Crippen molar-refractivity contribution in [2.24, 2.45) is 4.99 Å². The van der Waals surface area contributed by atoms with E-state index in [1.165, 1.54) is 11.3 Å². The second-order valence-corrected chi connectivity index (χ2v) is 6.48. The molecule has 0 aliphatic heterocycles. The van der Waals surface area contributed by atoms with E-state index < -0.39 is 0 Å². The Morgan fingerprint density at radius 1 is 1.07 bits per heavy atom. The van der Waals surface area contributed by atoms with Crippen LogP contribution in [0.2, 0.25) is 0 Å². The van der Waals surface area contributed by atoms with Gasteiger partial charge < -0.3 is 25.0 Å². The summed E-state index contributed by atoms with van der Waals surface area (Å²) in [6.07, 6.45) is -0.0206. The molecule has 1 unspecified atom stereocenters. The minimum Gasteiger partial charge on any atom is -0.497 e. The first kappa shape index (κ1) is 20.4. The van der Waals surface area contributed by atoms with Crippen molar-refractivity contribution in [3.8, 4) is 11.5 Å². The summed E-state index contributed by atoms with van der Waals surface area (Å²) >= 11 is 0. The Morgan fingerprint density at radius 3 is 2.52 bits per heavy atom. The zero-order valence-corrected chi connectivity index (χ0v) is 16.8. The third-order valence-electron chi connectivity index (χ3n) is 4.05. The highest BCUT2D eigenvalue weighted by Crippen LogP contribution is 2.19. The largest absolute Gasteiger partial charge is 0.497 e. The number of hydrogen-bond acceptors (Lipinski definition) is 4. The lowest BCUT2D eigenvalue weighted by Gasteiger charge is -2.18. The van der Waals surface area contributed by atoms with Gasteiger partial charge in [0.05, 0.1) is 13.7 Å². The van der Waals surface area contributed by atoms with E-state index in [9.17, 15) is 0 Å². The predicted octanol–water partition coefficient (Wildman–Crippen LogP) is 2.89. The van der Waals surface area contributed by atoms with Gasteiger partial charge in [0.25, 0.3) is 0 Å². The van der Waals surface area contributed by atoms with Gasteiger partial charge in [-0.3, -0.25) is 4.99 Å². The Morgan fingerprint density at radius 2 is 1.81 bits per heavy atom. The molecule has 0 aliphatic carbocycles. The molecule has 27 heavy (non-hydrogen) atoms. The van der Waals surface area contributed by atoms with Crippen molar-refractivity contribution in [3.05, 3.63) is 54.1 Å². The maximum Gasteiger partial charge on any atom is 0.191 e. The molecule has 0 saturated carbocycles. The lowest BCUT2D eigenvalue weighted by molar-refractivity contribution is 0.223. The highest BCUT2D eigenvalue weighted by Gasteiger charge is 2.07. The van der Waals surface area contributed by atoms with Crippen LogP contribution in [-0.4, -0.2) is 46.9 Å². The Balaban J connectivity index is 1.81. The van der Waals surface area contributed by atoms with Gasteiger partial charge in [0.2, 0.25) is 0 Å². The van der Waals surface area contributed by atoms with Gasteiger partial charge in [-0.2, -0.15) is 0 Å². The maximum atomic E-state index is 5.93. The van der Waals surface area contributed by atoms with Crippen LogP contribution in [0.4, 0.5) is 5.69 Å². The van der Waals surface area contributed by atoms with Crippen LogP contribution in [0.1, 0.15) is 12.5 Å². The monoisotopic (exact) mass is 370 g/mol. The van der Waals surface area contributed by atoms with Gasteiger partial charge in [0, 0.05) is 39.4 Å². The lowest BCUT2D eigenvalue weighted by atomic mass is 10.2. The number of guanidine groups is 1. The van der Waals surface area contributed by atoms with Crippen LogP contribution >= 0.6 is 0 Å². The van der Waals surface area contributed by atoms with Crippen molar-refractivity contribution in [1.29, 1.82) is 0 Å². The van der Waals surface area contributed by atoms with Crippen LogP contribution in [0.3, 0.4) is 0 Å². The number of hydrogen-bond donors (Lipinski definition) is 2. The van der Waals surface area contributed by atoms with Gasteiger partial charge >= 0.3 is 0 Å². The molecular weight excluding hydrogens is 340 g/mol. The highest BCUT2D eigenvalue weighted by atomic mass is 16.5. The number of anilines is 1. The van der Waals surface area contributed by atoms with Gasteiger partial charge in [-0.25, -0.2) is 0 Å². The summed E-state index contributed by atoms with van der Waals surface area (Å²) in [5, 5.41) is 6.63. The van der Waals surface area contributed by atoms with Gasteiger partial charge in [-0.05, 0) is 36.8 Å². The Bertz CT molecular complexity index is 746. The van der Waals surface area contributed by atoms with Crippen molar-refractivity contribution in [1.82, 2.24) is 10.6 Å². The van der Waals surface area contributed by atoms with Crippen LogP contribution < -0.4 is 25.0 Å². The molecule has 0 spiro atoms. The maximum absolute atomic E-state index is 5.93. The first-order valence-electron chi connectivity index (χ1n) is 9.03. The molecule has 2 aromatic rings. The van der Waals surface area contributed by atoms with Gasteiger partial charge in [0.15, 0.2) is 5.96 Å². The Kier molecular flexibility index (Phi) is 7.79. The fourth-order valence-electron chi connectivity index (χ4n) is 2.54. The molecule has 0 radical (unpaired) electrons. The average molecular weight is 370 g/mol. The summed E-state index contributed by atoms with van der Waals surface area (Å²) in [6.45, 7) is 3.35. The number of nitrogens with zero attached hydrogens (tertiary/aromatic N) is 2. The Labute approximate surface area is 162 Å². The zero-order valence-electron chi connectivity index (χ0n) is 16.8. The number of aliphatic imine (C=N–C) groups is 1. The van der Waals surface area contributed by atoms with Crippen LogP contribution in [-0.2, 0) is 6.54 Å². The SMILES string of the molecule is CN=C(NCc1cccc(N(C)C)c1)NCC(C)Oc1cccc(OC)c1. The van der Waals surface area contributed by atoms with E-state index in [2.05, 4.69) is 44.8 Å². The minimum atomic E-state index is -0.0206. The molecule has 0 heterocycles. The molecule has 2 N–H and O–H groups in total. The molecule has 0 saturated heterocycles. The summed E-state index contributed by atoms with van der Waals surface area (Å²) in [7, 11) is 7.49. The lowest BCUT2D eigenvalue weighted by Crippen LogP contribution is -2.41. The fraction of sp³-hybridized carbons (Fsp3) is 0.381. The van der Waals surface area contributed by atoms with Gasteiger partial charge in [-0.15, -0.1) is 0 Å². The number of benzene rings is 2. The smallest absolute Gasteiger partial charge is 0.191 e. The quantitative estimate of drug-likeness (QED) is 0.553. The van der Waals surface area contributed by atoms with E-state index >= 15 is 0 Å². The van der Waals surface area contributed by atoms with Gasteiger partial charge in [-0.1, -0.05) is 18.2 Å². The molecule has 6 nitrogen and oxygen atoms in total. The summed E-state index contributed by atoms with van der Waals surface area (Å²) in [4.78, 5) is 6.37. The molecule has 2 aromatic carbocycles. The zero-order chi connectivity index (χ0) is 19.6. The van der Waals surface area contributed by atoms with Gasteiger partial charge in [0.1, 0.15) is 17.6 Å². The molecule has 2 rings (SSSR count). The number of methoxy groups -OCH3 is 1. The summed E-state index contributed by atoms with van der Waals surface area (Å²) in [5.74, 6) is 2.31. The van der Waals surface area contributed by atoms with Crippen molar-refractivity contribution in [2.45, 2.75) is 19.6 Å². The van der Waals surface area contributed by atoms with E-state index in [-0.39, 0.29) is 6.10 Å². The standard InChI is InChI=1S/C21H30N4O2/c1-16(27-20-11-7-10-19(13-20)26-5)14-23-21(22-2)24-15-17-8-6-9-18(12-17)25(3)4/h6-13,16H,14-15H2,1-5H3,(H2,22,23,24).